The predicted octanol–water partition coefficient (Wildman–Crippen LogP) is 5.63. The molecule has 0 saturated carbocycles. The highest BCUT2D eigenvalue weighted by atomic mass is 35.5. The van der Waals surface area contributed by atoms with Gasteiger partial charge in [-0.25, -0.2) is 10.4 Å². The first-order valence-corrected chi connectivity index (χ1v) is 11.2. The number of hydrogen-bond acceptors (Lipinski definition) is 4. The molecule has 0 aliphatic carbocycles. The zero-order chi connectivity index (χ0) is 21.6. The summed E-state index contributed by atoms with van der Waals surface area (Å²) in [4.78, 5) is 17.0. The minimum atomic E-state index is -0.223. The Bertz CT molecular complexity index is 1260. The Morgan fingerprint density at radius 3 is 2.71 bits per heavy atom. The number of hydrazone groups is 1. The highest BCUT2D eigenvalue weighted by molar-refractivity contribution is 7.99. The number of imidazole rings is 1. The summed E-state index contributed by atoms with van der Waals surface area (Å²) in [6.07, 6.45) is 1.56. The van der Waals surface area contributed by atoms with Crippen molar-refractivity contribution in [3.8, 4) is 0 Å². The zero-order valence-corrected chi connectivity index (χ0v) is 18.7. The topological polar surface area (TPSA) is 59.3 Å². The van der Waals surface area contributed by atoms with Crippen molar-refractivity contribution in [2.45, 2.75) is 11.7 Å². The molecule has 31 heavy (non-hydrogen) atoms. The number of para-hydroxylation sites is 2. The Labute approximate surface area is 194 Å². The molecule has 0 atom stereocenters. The Kier molecular flexibility index (Phi) is 6.92. The third-order valence-corrected chi connectivity index (χ3v) is 6.07. The lowest BCUT2D eigenvalue weighted by Gasteiger charge is -2.10. The van der Waals surface area contributed by atoms with Crippen LogP contribution in [0.5, 0.6) is 0 Å². The van der Waals surface area contributed by atoms with Crippen molar-refractivity contribution < 1.29 is 4.79 Å². The average Bonchev–Trinajstić information content (AvgIpc) is 3.11. The second-order valence-electron chi connectivity index (χ2n) is 6.70. The van der Waals surface area contributed by atoms with Gasteiger partial charge < -0.3 is 4.57 Å². The van der Waals surface area contributed by atoms with Gasteiger partial charge in [0.25, 0.3) is 5.91 Å². The largest absolute Gasteiger partial charge is 0.314 e. The highest BCUT2D eigenvalue weighted by Crippen LogP contribution is 2.27. The van der Waals surface area contributed by atoms with E-state index in [4.69, 9.17) is 28.2 Å². The fourth-order valence-electron chi connectivity index (χ4n) is 3.04. The number of amides is 1. The summed E-state index contributed by atoms with van der Waals surface area (Å²) in [6.45, 7) is 0.567. The van der Waals surface area contributed by atoms with Crippen molar-refractivity contribution in [1.29, 1.82) is 0 Å². The van der Waals surface area contributed by atoms with Gasteiger partial charge >= 0.3 is 0 Å². The number of carbonyl (C=O) groups is 1. The van der Waals surface area contributed by atoms with Gasteiger partial charge in [-0.2, -0.15) is 5.10 Å². The smallest absolute Gasteiger partial charge is 0.250 e. The Morgan fingerprint density at radius 1 is 1.06 bits per heavy atom. The molecule has 3 aromatic carbocycles. The van der Waals surface area contributed by atoms with Gasteiger partial charge in [0, 0.05) is 10.0 Å². The number of fused-ring (bicyclic) bond motifs is 1. The zero-order valence-electron chi connectivity index (χ0n) is 16.3. The maximum absolute atomic E-state index is 12.3. The fraction of sp³-hybridized carbons (Fsp3) is 0.0870. The van der Waals surface area contributed by atoms with E-state index in [9.17, 15) is 4.79 Å². The minimum Gasteiger partial charge on any atom is -0.314 e. The summed E-state index contributed by atoms with van der Waals surface area (Å²) in [5.74, 6) is -0.0433. The van der Waals surface area contributed by atoms with E-state index in [1.54, 1.807) is 18.3 Å². The first-order valence-electron chi connectivity index (χ1n) is 9.49. The second kappa shape index (κ2) is 10.0. The summed E-state index contributed by atoms with van der Waals surface area (Å²) in [5.41, 5.74) is 6.20. The standard InChI is InChI=1S/C23H18Cl2N4OS/c24-18-8-5-6-16(12-18)13-26-28-22(30)15-31-23-27-20-10-3-4-11-21(20)29(23)14-17-7-1-2-9-19(17)25/h1-13H,14-15H2,(H,28,30)/b26-13+. The van der Waals surface area contributed by atoms with Gasteiger partial charge in [-0.1, -0.05) is 77.4 Å². The molecule has 5 nitrogen and oxygen atoms in total. The molecule has 1 amide bonds. The number of thioether (sulfide) groups is 1. The molecule has 1 N–H and O–H groups in total. The van der Waals surface area contributed by atoms with Crippen LogP contribution in [0.25, 0.3) is 11.0 Å². The third kappa shape index (κ3) is 5.47. The fourth-order valence-corrected chi connectivity index (χ4v) is 4.24. The number of benzene rings is 3. The van der Waals surface area contributed by atoms with Crippen LogP contribution in [0.1, 0.15) is 11.1 Å². The molecule has 0 unspecified atom stereocenters. The van der Waals surface area contributed by atoms with Crippen LogP contribution < -0.4 is 5.43 Å². The molecule has 1 aromatic heterocycles. The first kappa shape index (κ1) is 21.4. The van der Waals surface area contributed by atoms with E-state index < -0.39 is 0 Å². The van der Waals surface area contributed by atoms with Crippen LogP contribution in [0.4, 0.5) is 0 Å². The highest BCUT2D eigenvalue weighted by Gasteiger charge is 2.14. The molecule has 0 aliphatic heterocycles. The molecular formula is C23H18Cl2N4OS. The number of hydrogen-bond donors (Lipinski definition) is 1. The van der Waals surface area contributed by atoms with Crippen molar-refractivity contribution in [3.05, 3.63) is 94.0 Å². The molecule has 0 radical (unpaired) electrons. The summed E-state index contributed by atoms with van der Waals surface area (Å²) in [7, 11) is 0. The maximum atomic E-state index is 12.3. The lowest BCUT2D eigenvalue weighted by atomic mass is 10.2. The van der Waals surface area contributed by atoms with Gasteiger partial charge in [0.05, 0.1) is 29.5 Å². The first-order chi connectivity index (χ1) is 15.1. The van der Waals surface area contributed by atoms with Gasteiger partial charge in [-0.3, -0.25) is 4.79 Å². The van der Waals surface area contributed by atoms with Crippen LogP contribution in [0.3, 0.4) is 0 Å². The maximum Gasteiger partial charge on any atom is 0.250 e. The van der Waals surface area contributed by atoms with E-state index in [2.05, 4.69) is 15.1 Å². The number of aromatic nitrogens is 2. The molecule has 4 aromatic rings. The number of nitrogens with zero attached hydrogens (tertiary/aromatic N) is 3. The van der Waals surface area contributed by atoms with Crippen LogP contribution in [0, 0.1) is 0 Å². The Balaban J connectivity index is 1.46. The van der Waals surface area contributed by atoms with Crippen LogP contribution >= 0.6 is 35.0 Å². The summed E-state index contributed by atoms with van der Waals surface area (Å²) >= 11 is 13.7. The average molecular weight is 469 g/mol. The lowest BCUT2D eigenvalue weighted by molar-refractivity contribution is -0.118. The molecule has 0 spiro atoms. The van der Waals surface area contributed by atoms with Crippen LogP contribution in [0.15, 0.2) is 83.1 Å². The van der Waals surface area contributed by atoms with Crippen molar-refractivity contribution >= 4 is 58.1 Å². The molecule has 0 bridgehead atoms. The van der Waals surface area contributed by atoms with Gasteiger partial charge in [0.2, 0.25) is 0 Å². The monoisotopic (exact) mass is 468 g/mol. The van der Waals surface area contributed by atoms with Gasteiger partial charge in [0.15, 0.2) is 5.16 Å². The summed E-state index contributed by atoms with van der Waals surface area (Å²) in [5, 5.41) is 6.06. The van der Waals surface area contributed by atoms with Crippen LogP contribution in [-0.4, -0.2) is 27.4 Å². The van der Waals surface area contributed by atoms with E-state index in [1.807, 2.05) is 60.7 Å². The summed E-state index contributed by atoms with van der Waals surface area (Å²) in [6, 6.07) is 22.8. The van der Waals surface area contributed by atoms with Crippen LogP contribution in [-0.2, 0) is 11.3 Å². The van der Waals surface area contributed by atoms with E-state index in [0.717, 1.165) is 27.3 Å². The Hall–Kier alpha value is -2.80. The van der Waals surface area contributed by atoms with E-state index >= 15 is 0 Å². The number of halogens is 2. The Morgan fingerprint density at radius 2 is 1.87 bits per heavy atom. The predicted molar refractivity (Wildman–Crippen MR) is 128 cm³/mol. The van der Waals surface area contributed by atoms with E-state index in [0.29, 0.717) is 16.6 Å². The van der Waals surface area contributed by atoms with Crippen molar-refractivity contribution in [3.63, 3.8) is 0 Å². The molecule has 0 fully saturated rings. The SMILES string of the molecule is O=C(CSc1nc2ccccc2n1Cc1ccccc1Cl)N/N=C/c1cccc(Cl)c1. The quantitative estimate of drug-likeness (QED) is 0.217. The number of carbonyl (C=O) groups excluding carboxylic acids is 1. The summed E-state index contributed by atoms with van der Waals surface area (Å²) < 4.78 is 2.07. The molecule has 156 valence electrons. The molecule has 0 saturated heterocycles. The lowest BCUT2D eigenvalue weighted by Crippen LogP contribution is -2.20. The minimum absolute atomic E-state index is 0.179. The molecule has 1 heterocycles. The normalized spacial score (nSPS) is 11.3. The number of nitrogens with one attached hydrogen (secondary N) is 1. The van der Waals surface area contributed by atoms with Crippen LogP contribution in [0.2, 0.25) is 10.0 Å². The van der Waals surface area contributed by atoms with Crippen molar-refractivity contribution in [2.24, 2.45) is 5.10 Å². The van der Waals surface area contributed by atoms with Crippen molar-refractivity contribution in [1.82, 2.24) is 15.0 Å². The van der Waals surface area contributed by atoms with Gasteiger partial charge in [-0.15, -0.1) is 0 Å². The van der Waals surface area contributed by atoms with E-state index in [-0.39, 0.29) is 11.7 Å². The molecule has 0 aliphatic rings. The molecular weight excluding hydrogens is 451 g/mol. The van der Waals surface area contributed by atoms with Gasteiger partial charge in [-0.05, 0) is 41.5 Å². The molecule has 4 rings (SSSR count). The molecule has 8 heteroatoms. The second-order valence-corrected chi connectivity index (χ2v) is 8.48. The van der Waals surface area contributed by atoms with Gasteiger partial charge in [0.1, 0.15) is 0 Å². The number of rotatable bonds is 7. The third-order valence-electron chi connectivity index (χ3n) is 4.49. The van der Waals surface area contributed by atoms with Crippen molar-refractivity contribution in [2.75, 3.05) is 5.75 Å². The van der Waals surface area contributed by atoms with E-state index in [1.165, 1.54) is 11.8 Å².